The first-order valence-corrected chi connectivity index (χ1v) is 10.1. The number of nitrogens with zero attached hydrogens (tertiary/aromatic N) is 3. The number of imide groups is 1. The molecule has 0 unspecified atom stereocenters. The van der Waals surface area contributed by atoms with Crippen molar-refractivity contribution >= 4 is 57.4 Å². The Balaban J connectivity index is 1.45. The number of carbonyl (C=O) groups is 4. The quantitative estimate of drug-likeness (QED) is 0.462. The Morgan fingerprint density at radius 1 is 1.10 bits per heavy atom. The summed E-state index contributed by atoms with van der Waals surface area (Å²) in [5.74, 6) is -2.55. The van der Waals surface area contributed by atoms with E-state index in [1.54, 1.807) is 31.2 Å². The van der Waals surface area contributed by atoms with Gasteiger partial charge in [0.15, 0.2) is 6.61 Å². The molecule has 3 amide bonds. The van der Waals surface area contributed by atoms with Gasteiger partial charge in [0.2, 0.25) is 5.13 Å². The van der Waals surface area contributed by atoms with Crippen molar-refractivity contribution in [2.45, 2.75) is 6.92 Å². The van der Waals surface area contributed by atoms with Crippen LogP contribution in [0.15, 0.2) is 42.5 Å². The summed E-state index contributed by atoms with van der Waals surface area (Å²) in [6.07, 6.45) is 0. The number of nitrogens with one attached hydrogen (secondary N) is 1. The molecule has 0 spiro atoms. The van der Waals surface area contributed by atoms with Gasteiger partial charge in [-0.2, -0.15) is 0 Å². The summed E-state index contributed by atoms with van der Waals surface area (Å²) in [6, 6.07) is 10.6. The van der Waals surface area contributed by atoms with Gasteiger partial charge in [0.05, 0.1) is 27.4 Å². The van der Waals surface area contributed by atoms with Gasteiger partial charge in [-0.15, -0.1) is 10.2 Å². The fourth-order valence-electron chi connectivity index (χ4n) is 2.88. The highest BCUT2D eigenvalue weighted by atomic mass is 35.5. The SMILES string of the molecule is Cc1nnc(N2C(=O)c3ccc(C(=O)OCC(=O)Nc4ccccc4Cl)cc3C2=O)s1. The van der Waals surface area contributed by atoms with E-state index in [2.05, 4.69) is 15.5 Å². The third-order valence-corrected chi connectivity index (χ3v) is 5.46. The van der Waals surface area contributed by atoms with Crippen LogP contribution >= 0.6 is 22.9 Å². The zero-order chi connectivity index (χ0) is 22.1. The number of aromatic nitrogens is 2. The van der Waals surface area contributed by atoms with Gasteiger partial charge < -0.3 is 10.1 Å². The van der Waals surface area contributed by atoms with Crippen LogP contribution in [-0.4, -0.2) is 40.5 Å². The number of ether oxygens (including phenoxy) is 1. The molecule has 1 N–H and O–H groups in total. The van der Waals surface area contributed by atoms with Gasteiger partial charge >= 0.3 is 5.97 Å². The van der Waals surface area contributed by atoms with Crippen LogP contribution in [0.2, 0.25) is 5.02 Å². The number of rotatable bonds is 5. The van der Waals surface area contributed by atoms with Gasteiger partial charge in [-0.05, 0) is 37.3 Å². The summed E-state index contributed by atoms with van der Waals surface area (Å²) in [5.41, 5.74) is 0.610. The normalized spacial score (nSPS) is 12.6. The molecule has 0 fully saturated rings. The van der Waals surface area contributed by atoms with E-state index < -0.39 is 30.3 Å². The number of carbonyl (C=O) groups excluding carboxylic acids is 4. The maximum atomic E-state index is 12.7. The Hall–Kier alpha value is -3.63. The first kappa shape index (κ1) is 20.6. The highest BCUT2D eigenvalue weighted by Crippen LogP contribution is 2.31. The van der Waals surface area contributed by atoms with Crippen LogP contribution < -0.4 is 10.2 Å². The largest absolute Gasteiger partial charge is 0.452 e. The summed E-state index contributed by atoms with van der Waals surface area (Å²) < 4.78 is 5.01. The summed E-state index contributed by atoms with van der Waals surface area (Å²) >= 11 is 7.07. The Labute approximate surface area is 184 Å². The molecular formula is C20H13ClN4O5S. The molecule has 1 aromatic heterocycles. The highest BCUT2D eigenvalue weighted by molar-refractivity contribution is 7.15. The molecule has 3 aromatic rings. The third-order valence-electron chi connectivity index (χ3n) is 4.31. The van der Waals surface area contributed by atoms with Crippen molar-refractivity contribution in [2.75, 3.05) is 16.8 Å². The predicted molar refractivity (Wildman–Crippen MR) is 113 cm³/mol. The summed E-state index contributed by atoms with van der Waals surface area (Å²) in [7, 11) is 0. The maximum absolute atomic E-state index is 12.7. The van der Waals surface area contributed by atoms with E-state index in [-0.39, 0.29) is 21.8 Å². The lowest BCUT2D eigenvalue weighted by Gasteiger charge is -2.08. The zero-order valence-electron chi connectivity index (χ0n) is 15.9. The second-order valence-corrected chi connectivity index (χ2v) is 7.98. The molecule has 0 saturated heterocycles. The fraction of sp³-hybridized carbons (Fsp3) is 0.100. The standard InChI is InChI=1S/C20H13ClN4O5S/c1-10-23-24-20(31-10)25-17(27)12-7-6-11(8-13(12)18(25)28)19(29)30-9-16(26)22-15-5-3-2-4-14(15)21/h2-8H,9H2,1H3,(H,22,26). The smallest absolute Gasteiger partial charge is 0.338 e. The summed E-state index contributed by atoms with van der Waals surface area (Å²) in [4.78, 5) is 50.6. The Kier molecular flexibility index (Phi) is 5.49. The lowest BCUT2D eigenvalue weighted by molar-refractivity contribution is -0.119. The van der Waals surface area contributed by atoms with Gasteiger partial charge in [-0.3, -0.25) is 14.4 Å². The fourth-order valence-corrected chi connectivity index (χ4v) is 3.75. The lowest BCUT2D eigenvalue weighted by Crippen LogP contribution is -2.29. The van der Waals surface area contributed by atoms with Crippen molar-refractivity contribution in [3.05, 3.63) is 69.2 Å². The molecule has 1 aliphatic rings. The van der Waals surface area contributed by atoms with E-state index in [0.717, 1.165) is 16.2 Å². The van der Waals surface area contributed by atoms with E-state index >= 15 is 0 Å². The molecule has 4 rings (SSSR count). The molecule has 0 saturated carbocycles. The van der Waals surface area contributed by atoms with Gasteiger partial charge in [0, 0.05) is 0 Å². The zero-order valence-corrected chi connectivity index (χ0v) is 17.5. The van der Waals surface area contributed by atoms with Gasteiger partial charge in [0.25, 0.3) is 17.7 Å². The van der Waals surface area contributed by atoms with E-state index in [4.69, 9.17) is 16.3 Å². The Morgan fingerprint density at radius 2 is 1.84 bits per heavy atom. The van der Waals surface area contributed by atoms with Crippen molar-refractivity contribution in [1.82, 2.24) is 10.2 Å². The minimum Gasteiger partial charge on any atom is -0.452 e. The number of hydrogen-bond acceptors (Lipinski definition) is 8. The monoisotopic (exact) mass is 456 g/mol. The van der Waals surface area contributed by atoms with Crippen LogP contribution in [0.5, 0.6) is 0 Å². The second-order valence-electron chi connectivity index (χ2n) is 6.41. The summed E-state index contributed by atoms with van der Waals surface area (Å²) in [6.45, 7) is 1.15. The molecule has 11 heteroatoms. The van der Waals surface area contributed by atoms with Gasteiger partial charge in [0.1, 0.15) is 5.01 Å². The Bertz CT molecular complexity index is 1240. The second kappa shape index (κ2) is 8.25. The molecule has 2 aromatic carbocycles. The van der Waals surface area contributed by atoms with Crippen LogP contribution in [-0.2, 0) is 9.53 Å². The summed E-state index contributed by atoms with van der Waals surface area (Å²) in [5, 5.41) is 11.3. The molecule has 0 radical (unpaired) electrons. The average Bonchev–Trinajstić information content (AvgIpc) is 3.28. The molecule has 0 bridgehead atoms. The van der Waals surface area contributed by atoms with Crippen LogP contribution in [0.4, 0.5) is 10.8 Å². The number of anilines is 2. The number of benzene rings is 2. The van der Waals surface area contributed by atoms with E-state index in [1.807, 2.05) is 0 Å². The van der Waals surface area contributed by atoms with Crippen LogP contribution in [0.1, 0.15) is 36.1 Å². The van der Waals surface area contributed by atoms with Crippen LogP contribution in [0.3, 0.4) is 0 Å². The Morgan fingerprint density at radius 3 is 2.55 bits per heavy atom. The number of aryl methyl sites for hydroxylation is 1. The molecule has 1 aliphatic heterocycles. The molecular weight excluding hydrogens is 444 g/mol. The van der Waals surface area contributed by atoms with Crippen LogP contribution in [0, 0.1) is 6.92 Å². The maximum Gasteiger partial charge on any atom is 0.338 e. The number of amides is 3. The van der Waals surface area contributed by atoms with Gasteiger partial charge in [-0.1, -0.05) is 35.1 Å². The first-order valence-electron chi connectivity index (χ1n) is 8.89. The average molecular weight is 457 g/mol. The highest BCUT2D eigenvalue weighted by Gasteiger charge is 2.39. The molecule has 0 aliphatic carbocycles. The van der Waals surface area contributed by atoms with Crippen LogP contribution in [0.25, 0.3) is 0 Å². The van der Waals surface area contributed by atoms with Crippen molar-refractivity contribution in [3.8, 4) is 0 Å². The van der Waals surface area contributed by atoms with E-state index in [1.165, 1.54) is 18.2 Å². The lowest BCUT2D eigenvalue weighted by atomic mass is 10.1. The third kappa shape index (κ3) is 4.03. The minimum atomic E-state index is -0.817. The van der Waals surface area contributed by atoms with Gasteiger partial charge in [-0.25, -0.2) is 9.69 Å². The number of hydrogen-bond donors (Lipinski definition) is 1. The van der Waals surface area contributed by atoms with Crippen molar-refractivity contribution < 1.29 is 23.9 Å². The van der Waals surface area contributed by atoms with E-state index in [9.17, 15) is 19.2 Å². The van der Waals surface area contributed by atoms with Crippen molar-refractivity contribution in [2.24, 2.45) is 0 Å². The molecule has 156 valence electrons. The molecule has 2 heterocycles. The van der Waals surface area contributed by atoms with E-state index in [0.29, 0.717) is 15.7 Å². The number of esters is 1. The number of fused-ring (bicyclic) bond motifs is 1. The number of para-hydroxylation sites is 1. The number of halogens is 1. The molecule has 31 heavy (non-hydrogen) atoms. The predicted octanol–water partition coefficient (Wildman–Crippen LogP) is 3.10. The molecule has 9 nitrogen and oxygen atoms in total. The topological polar surface area (TPSA) is 119 Å². The minimum absolute atomic E-state index is 0.0285. The molecule has 0 atom stereocenters. The van der Waals surface area contributed by atoms with Crippen molar-refractivity contribution in [3.63, 3.8) is 0 Å². The first-order chi connectivity index (χ1) is 14.8. The van der Waals surface area contributed by atoms with Crippen molar-refractivity contribution in [1.29, 1.82) is 0 Å².